The van der Waals surface area contributed by atoms with E-state index in [1.807, 2.05) is 0 Å². The molecule has 0 aliphatic carbocycles. The first-order valence-electron chi connectivity index (χ1n) is 6.89. The van der Waals surface area contributed by atoms with E-state index in [0.29, 0.717) is 16.9 Å². The summed E-state index contributed by atoms with van der Waals surface area (Å²) >= 11 is 0. The molecule has 0 bridgehead atoms. The maximum atomic E-state index is 13.4. The summed E-state index contributed by atoms with van der Waals surface area (Å²) in [6.45, 7) is 0. The summed E-state index contributed by atoms with van der Waals surface area (Å²) in [4.78, 5) is 0. The molecule has 0 radical (unpaired) electrons. The number of nitrogens with zero attached hydrogens (tertiary/aromatic N) is 2. The average Bonchev–Trinajstić information content (AvgIpc) is 3.35. The number of rotatable bonds is 4. The summed E-state index contributed by atoms with van der Waals surface area (Å²) in [5.41, 5.74) is -1.40. The summed E-state index contributed by atoms with van der Waals surface area (Å²) in [5, 5.41) is 6.64. The third-order valence-electron chi connectivity index (χ3n) is 3.58. The Bertz CT molecular complexity index is 744. The highest BCUT2D eigenvalue weighted by atomic mass is 19.4. The van der Waals surface area contributed by atoms with Gasteiger partial charge in [0.05, 0.1) is 7.11 Å². The fourth-order valence-corrected chi connectivity index (χ4v) is 2.29. The van der Waals surface area contributed by atoms with Crippen molar-refractivity contribution in [3.8, 4) is 5.75 Å². The molecule has 0 saturated carbocycles. The van der Waals surface area contributed by atoms with E-state index in [4.69, 9.17) is 4.74 Å². The topological polar surface area (TPSA) is 34.0 Å². The highest BCUT2D eigenvalue weighted by Gasteiger charge is 2.66. The van der Waals surface area contributed by atoms with Crippen molar-refractivity contribution in [3.63, 3.8) is 0 Å². The van der Waals surface area contributed by atoms with Gasteiger partial charge in [0.15, 0.2) is 0 Å². The second kappa shape index (κ2) is 5.53. The van der Waals surface area contributed by atoms with Crippen LogP contribution in [0.3, 0.4) is 0 Å². The molecule has 0 spiro atoms. The lowest BCUT2D eigenvalue weighted by Gasteiger charge is -2.18. The van der Waals surface area contributed by atoms with E-state index in [1.54, 1.807) is 54.6 Å². The highest BCUT2D eigenvalue weighted by molar-refractivity contribution is 5.88. The molecule has 1 heterocycles. The van der Waals surface area contributed by atoms with Gasteiger partial charge in [-0.2, -0.15) is 13.2 Å². The molecule has 1 aliphatic rings. The van der Waals surface area contributed by atoms with Gasteiger partial charge in [0.1, 0.15) is 5.75 Å². The van der Waals surface area contributed by atoms with Crippen molar-refractivity contribution in [2.75, 3.05) is 7.11 Å². The predicted molar refractivity (Wildman–Crippen MR) is 80.9 cm³/mol. The number of hydrogen-bond donors (Lipinski definition) is 0. The zero-order valence-corrected chi connectivity index (χ0v) is 12.2. The molecule has 0 amide bonds. The summed E-state index contributed by atoms with van der Waals surface area (Å²) < 4.78 is 45.3. The minimum Gasteiger partial charge on any atom is -0.497 e. The Morgan fingerprint density at radius 2 is 1.61 bits per heavy atom. The van der Waals surface area contributed by atoms with E-state index in [9.17, 15) is 13.2 Å². The second-order valence-electron chi connectivity index (χ2n) is 5.07. The van der Waals surface area contributed by atoms with Crippen molar-refractivity contribution in [3.05, 3.63) is 65.7 Å². The van der Waals surface area contributed by atoms with Crippen molar-refractivity contribution in [1.82, 2.24) is 0 Å². The standard InChI is InChI=1S/C17H13F3N2O/c1-23-14-9-7-12(8-10-14)11-15(13-5-3-2-4-6-13)16(21-22-16)17(18,19)20/h2-11H,1H3. The summed E-state index contributed by atoms with van der Waals surface area (Å²) in [7, 11) is 1.53. The third kappa shape index (κ3) is 2.84. The molecular formula is C17H13F3N2O. The van der Waals surface area contributed by atoms with Gasteiger partial charge in [-0.25, -0.2) is 0 Å². The number of hydrogen-bond acceptors (Lipinski definition) is 3. The van der Waals surface area contributed by atoms with Crippen molar-refractivity contribution in [2.24, 2.45) is 10.2 Å². The maximum Gasteiger partial charge on any atom is 0.442 e. The van der Waals surface area contributed by atoms with Gasteiger partial charge in [-0.05, 0) is 29.3 Å². The molecule has 6 heteroatoms. The second-order valence-corrected chi connectivity index (χ2v) is 5.07. The number of ether oxygens (including phenoxy) is 1. The molecule has 2 aromatic rings. The Morgan fingerprint density at radius 3 is 2.09 bits per heavy atom. The van der Waals surface area contributed by atoms with Crippen LogP contribution in [-0.4, -0.2) is 18.9 Å². The smallest absolute Gasteiger partial charge is 0.442 e. The first-order valence-corrected chi connectivity index (χ1v) is 6.89. The molecule has 0 fully saturated rings. The van der Waals surface area contributed by atoms with Crippen LogP contribution < -0.4 is 4.74 Å². The fourth-order valence-electron chi connectivity index (χ4n) is 2.29. The molecule has 0 saturated heterocycles. The van der Waals surface area contributed by atoms with Gasteiger partial charge in [-0.3, -0.25) is 0 Å². The zero-order chi connectivity index (χ0) is 16.5. The van der Waals surface area contributed by atoms with E-state index >= 15 is 0 Å². The van der Waals surface area contributed by atoms with Crippen molar-refractivity contribution in [2.45, 2.75) is 11.8 Å². The molecule has 0 unspecified atom stereocenters. The van der Waals surface area contributed by atoms with Crippen LogP contribution in [0.15, 0.2) is 64.8 Å². The number of halogens is 3. The molecule has 0 atom stereocenters. The Morgan fingerprint density at radius 1 is 1.00 bits per heavy atom. The lowest BCUT2D eigenvalue weighted by Crippen LogP contribution is -2.33. The molecule has 0 N–H and O–H groups in total. The Kier molecular flexibility index (Phi) is 3.67. The SMILES string of the molecule is COc1ccc(C=C(c2ccccc2)C2(C(F)(F)F)N=N2)cc1. The van der Waals surface area contributed by atoms with Gasteiger partial charge < -0.3 is 4.74 Å². The van der Waals surface area contributed by atoms with Crippen LogP contribution in [0.2, 0.25) is 0 Å². The summed E-state index contributed by atoms with van der Waals surface area (Å²) in [6.07, 6.45) is -3.11. The minimum atomic E-state index is -4.57. The van der Waals surface area contributed by atoms with Crippen molar-refractivity contribution in [1.29, 1.82) is 0 Å². The van der Waals surface area contributed by atoms with Crippen LogP contribution in [0.5, 0.6) is 5.75 Å². The lowest BCUT2D eigenvalue weighted by atomic mass is 9.93. The molecule has 23 heavy (non-hydrogen) atoms. The van der Waals surface area contributed by atoms with Gasteiger partial charge in [-0.1, -0.05) is 42.5 Å². The molecule has 118 valence electrons. The van der Waals surface area contributed by atoms with Crippen LogP contribution in [0.1, 0.15) is 11.1 Å². The van der Waals surface area contributed by atoms with E-state index in [0.717, 1.165) is 0 Å². The number of methoxy groups -OCH3 is 1. The number of alkyl halides is 3. The molecule has 3 rings (SSSR count). The van der Waals surface area contributed by atoms with E-state index < -0.39 is 11.8 Å². The van der Waals surface area contributed by atoms with E-state index in [-0.39, 0.29) is 5.57 Å². The van der Waals surface area contributed by atoms with Crippen LogP contribution in [0, 0.1) is 0 Å². The first-order chi connectivity index (χ1) is 11.0. The van der Waals surface area contributed by atoms with Crippen LogP contribution in [0.4, 0.5) is 13.2 Å². The lowest BCUT2D eigenvalue weighted by molar-refractivity contribution is -0.148. The largest absolute Gasteiger partial charge is 0.497 e. The van der Waals surface area contributed by atoms with Crippen molar-refractivity contribution >= 4 is 11.6 Å². The fraction of sp³-hybridized carbons (Fsp3) is 0.176. The van der Waals surface area contributed by atoms with Gasteiger partial charge >= 0.3 is 11.8 Å². The predicted octanol–water partition coefficient (Wildman–Crippen LogP) is 4.96. The maximum absolute atomic E-state index is 13.4. The van der Waals surface area contributed by atoms with Gasteiger partial charge in [0.2, 0.25) is 0 Å². The minimum absolute atomic E-state index is 0.00997. The summed E-state index contributed by atoms with van der Waals surface area (Å²) in [6, 6.07) is 15.1. The first kappa shape index (κ1) is 15.3. The van der Waals surface area contributed by atoms with E-state index in [2.05, 4.69) is 10.2 Å². The quantitative estimate of drug-likeness (QED) is 0.734. The molecular weight excluding hydrogens is 305 g/mol. The highest BCUT2D eigenvalue weighted by Crippen LogP contribution is 2.53. The molecule has 3 nitrogen and oxygen atoms in total. The van der Waals surface area contributed by atoms with Crippen LogP contribution >= 0.6 is 0 Å². The van der Waals surface area contributed by atoms with Crippen LogP contribution in [-0.2, 0) is 0 Å². The Balaban J connectivity index is 2.07. The summed E-state index contributed by atoms with van der Waals surface area (Å²) in [5.74, 6) is 0.634. The van der Waals surface area contributed by atoms with Crippen molar-refractivity contribution < 1.29 is 17.9 Å². The third-order valence-corrected chi connectivity index (χ3v) is 3.58. The molecule has 2 aromatic carbocycles. The molecule has 1 aliphatic heterocycles. The van der Waals surface area contributed by atoms with Crippen LogP contribution in [0.25, 0.3) is 11.6 Å². The average molecular weight is 318 g/mol. The van der Waals surface area contributed by atoms with E-state index in [1.165, 1.54) is 13.2 Å². The van der Waals surface area contributed by atoms with Gasteiger partial charge in [-0.15, -0.1) is 10.2 Å². The van der Waals surface area contributed by atoms with Gasteiger partial charge in [0.25, 0.3) is 0 Å². The normalized spacial score (nSPS) is 16.3. The Labute approximate surface area is 131 Å². The monoisotopic (exact) mass is 318 g/mol. The van der Waals surface area contributed by atoms with Gasteiger partial charge in [0, 0.05) is 5.57 Å². The number of benzene rings is 2. The molecule has 0 aromatic heterocycles. The zero-order valence-electron chi connectivity index (χ0n) is 12.2. The Hall–Kier alpha value is -2.63.